The number of aromatic nitrogens is 1. The minimum atomic E-state index is -3.45. The Balaban J connectivity index is 2.31. The van der Waals surface area contributed by atoms with E-state index < -0.39 is 10.0 Å². The molecule has 0 aliphatic heterocycles. The van der Waals surface area contributed by atoms with Gasteiger partial charge in [-0.25, -0.2) is 13.1 Å². The first-order chi connectivity index (χ1) is 8.95. The lowest BCUT2D eigenvalue weighted by molar-refractivity contribution is 0.108. The van der Waals surface area contributed by atoms with Crippen LogP contribution in [0.3, 0.4) is 0 Å². The summed E-state index contributed by atoms with van der Waals surface area (Å²) in [5, 5.41) is 0. The predicted octanol–water partition coefficient (Wildman–Crippen LogP) is 0.814. The molecule has 0 atom stereocenters. The number of nitrogens with one attached hydrogen (secondary N) is 2. The molecule has 0 radical (unpaired) electrons. The SMILES string of the molecule is CC(C)COCCCNS(=O)(=O)c1c[nH]c(CN)c1. The van der Waals surface area contributed by atoms with Gasteiger partial charge < -0.3 is 15.5 Å². The number of rotatable bonds is 9. The zero-order chi connectivity index (χ0) is 14.3. The molecule has 1 aromatic heterocycles. The third-order valence-electron chi connectivity index (χ3n) is 2.46. The molecule has 1 heterocycles. The number of ether oxygens (including phenoxy) is 1. The third kappa shape index (κ3) is 5.73. The summed E-state index contributed by atoms with van der Waals surface area (Å²) >= 11 is 0. The van der Waals surface area contributed by atoms with Crippen LogP contribution in [-0.4, -0.2) is 33.2 Å². The van der Waals surface area contributed by atoms with Crippen LogP contribution in [-0.2, 0) is 21.3 Å². The van der Waals surface area contributed by atoms with Crippen molar-refractivity contribution in [2.75, 3.05) is 19.8 Å². The van der Waals surface area contributed by atoms with Crippen LogP contribution in [0.5, 0.6) is 0 Å². The van der Waals surface area contributed by atoms with Crippen LogP contribution >= 0.6 is 0 Å². The average molecular weight is 289 g/mol. The molecule has 0 amide bonds. The second-order valence-corrected chi connectivity index (χ2v) is 6.55. The van der Waals surface area contributed by atoms with Crippen molar-refractivity contribution in [1.29, 1.82) is 0 Å². The van der Waals surface area contributed by atoms with Crippen molar-refractivity contribution in [2.45, 2.75) is 31.7 Å². The Hall–Kier alpha value is -0.890. The van der Waals surface area contributed by atoms with Gasteiger partial charge in [-0.05, 0) is 18.4 Å². The van der Waals surface area contributed by atoms with E-state index in [4.69, 9.17) is 10.5 Å². The minimum absolute atomic E-state index is 0.219. The molecule has 1 rings (SSSR count). The average Bonchev–Trinajstić information content (AvgIpc) is 2.82. The Labute approximate surface area is 114 Å². The maximum Gasteiger partial charge on any atom is 0.242 e. The predicted molar refractivity (Wildman–Crippen MR) is 74.1 cm³/mol. The van der Waals surface area contributed by atoms with Crippen molar-refractivity contribution in [2.24, 2.45) is 11.7 Å². The van der Waals surface area contributed by atoms with Crippen LogP contribution in [0.15, 0.2) is 17.2 Å². The third-order valence-corrected chi connectivity index (χ3v) is 3.90. The van der Waals surface area contributed by atoms with Crippen LogP contribution < -0.4 is 10.5 Å². The molecule has 4 N–H and O–H groups in total. The molecule has 0 saturated heterocycles. The van der Waals surface area contributed by atoms with Crippen LogP contribution in [0.4, 0.5) is 0 Å². The van der Waals surface area contributed by atoms with E-state index in [0.29, 0.717) is 44.3 Å². The fourth-order valence-corrected chi connectivity index (χ4v) is 2.57. The highest BCUT2D eigenvalue weighted by atomic mass is 32.2. The molecule has 19 heavy (non-hydrogen) atoms. The molecule has 0 saturated carbocycles. The van der Waals surface area contributed by atoms with E-state index in [1.54, 1.807) is 0 Å². The fourth-order valence-electron chi connectivity index (χ4n) is 1.48. The van der Waals surface area contributed by atoms with Crippen molar-refractivity contribution >= 4 is 10.0 Å². The van der Waals surface area contributed by atoms with Crippen LogP contribution in [0.1, 0.15) is 26.0 Å². The van der Waals surface area contributed by atoms with Gasteiger partial charge in [0.25, 0.3) is 0 Å². The van der Waals surface area contributed by atoms with E-state index in [9.17, 15) is 8.42 Å². The topological polar surface area (TPSA) is 97.2 Å². The molecule has 0 fully saturated rings. The van der Waals surface area contributed by atoms with Crippen molar-refractivity contribution in [3.8, 4) is 0 Å². The first kappa shape index (κ1) is 16.2. The van der Waals surface area contributed by atoms with Crippen molar-refractivity contribution in [1.82, 2.24) is 9.71 Å². The number of aromatic amines is 1. The lowest BCUT2D eigenvalue weighted by Crippen LogP contribution is -2.25. The minimum Gasteiger partial charge on any atom is -0.381 e. The van der Waals surface area contributed by atoms with Crippen molar-refractivity contribution in [3.05, 3.63) is 18.0 Å². The van der Waals surface area contributed by atoms with E-state index in [2.05, 4.69) is 23.6 Å². The van der Waals surface area contributed by atoms with Crippen molar-refractivity contribution < 1.29 is 13.2 Å². The second-order valence-electron chi connectivity index (χ2n) is 4.78. The molecule has 0 aliphatic rings. The Kier molecular flexibility index (Phi) is 6.50. The van der Waals surface area contributed by atoms with Gasteiger partial charge in [-0.15, -0.1) is 0 Å². The van der Waals surface area contributed by atoms with Crippen molar-refractivity contribution in [3.63, 3.8) is 0 Å². The molecule has 0 unspecified atom stereocenters. The Bertz CT molecular complexity index is 468. The maximum atomic E-state index is 11.9. The number of hydrogen-bond acceptors (Lipinski definition) is 4. The van der Waals surface area contributed by atoms with Crippen LogP contribution in [0.2, 0.25) is 0 Å². The highest BCUT2D eigenvalue weighted by Crippen LogP contribution is 2.09. The molecule has 6 nitrogen and oxygen atoms in total. The van der Waals surface area contributed by atoms with Gasteiger partial charge >= 0.3 is 0 Å². The Morgan fingerprint density at radius 3 is 2.79 bits per heavy atom. The summed E-state index contributed by atoms with van der Waals surface area (Å²) in [4.78, 5) is 3.03. The van der Waals surface area contributed by atoms with Crippen LogP contribution in [0.25, 0.3) is 0 Å². The van der Waals surface area contributed by atoms with Crippen LogP contribution in [0, 0.1) is 5.92 Å². The monoisotopic (exact) mass is 289 g/mol. The second kappa shape index (κ2) is 7.64. The summed E-state index contributed by atoms with van der Waals surface area (Å²) in [6, 6.07) is 1.54. The summed E-state index contributed by atoms with van der Waals surface area (Å²) in [6.45, 7) is 6.06. The van der Waals surface area contributed by atoms with Gasteiger partial charge in [-0.2, -0.15) is 0 Å². The number of H-pyrrole nitrogens is 1. The summed E-state index contributed by atoms with van der Waals surface area (Å²) in [5.41, 5.74) is 6.12. The van der Waals surface area contributed by atoms with E-state index >= 15 is 0 Å². The van der Waals surface area contributed by atoms with Gasteiger partial charge in [-0.1, -0.05) is 13.8 Å². The number of nitrogens with two attached hydrogens (primary N) is 1. The lowest BCUT2D eigenvalue weighted by Gasteiger charge is -2.07. The largest absolute Gasteiger partial charge is 0.381 e. The summed E-state index contributed by atoms with van der Waals surface area (Å²) in [5.74, 6) is 0.492. The van der Waals surface area contributed by atoms with Gasteiger partial charge in [-0.3, -0.25) is 0 Å². The Morgan fingerprint density at radius 1 is 1.47 bits per heavy atom. The Morgan fingerprint density at radius 2 is 2.21 bits per heavy atom. The zero-order valence-electron chi connectivity index (χ0n) is 11.5. The molecule has 110 valence electrons. The van der Waals surface area contributed by atoms with Gasteiger partial charge in [0, 0.05) is 38.2 Å². The normalized spacial score (nSPS) is 12.2. The smallest absolute Gasteiger partial charge is 0.242 e. The summed E-state index contributed by atoms with van der Waals surface area (Å²) in [6.07, 6.45) is 2.10. The number of hydrogen-bond donors (Lipinski definition) is 3. The quantitative estimate of drug-likeness (QED) is 0.586. The van der Waals surface area contributed by atoms with E-state index in [1.807, 2.05) is 0 Å². The zero-order valence-corrected chi connectivity index (χ0v) is 12.3. The highest BCUT2D eigenvalue weighted by Gasteiger charge is 2.14. The maximum absolute atomic E-state index is 11.9. The first-order valence-corrected chi connectivity index (χ1v) is 7.89. The van der Waals surface area contributed by atoms with Gasteiger partial charge in [0.05, 0.1) is 4.90 Å². The molecular weight excluding hydrogens is 266 g/mol. The first-order valence-electron chi connectivity index (χ1n) is 6.40. The highest BCUT2D eigenvalue weighted by molar-refractivity contribution is 7.89. The molecule has 7 heteroatoms. The fraction of sp³-hybridized carbons (Fsp3) is 0.667. The lowest BCUT2D eigenvalue weighted by atomic mass is 10.2. The van der Waals surface area contributed by atoms with E-state index in [1.165, 1.54) is 12.3 Å². The van der Waals surface area contributed by atoms with E-state index in [0.717, 1.165) is 0 Å². The molecular formula is C12H23N3O3S. The summed E-state index contributed by atoms with van der Waals surface area (Å²) < 4.78 is 31.7. The summed E-state index contributed by atoms with van der Waals surface area (Å²) in [7, 11) is -3.45. The number of sulfonamides is 1. The van der Waals surface area contributed by atoms with Gasteiger partial charge in [0.2, 0.25) is 10.0 Å². The molecule has 0 bridgehead atoms. The van der Waals surface area contributed by atoms with Gasteiger partial charge in [0.1, 0.15) is 0 Å². The molecule has 0 aliphatic carbocycles. The molecule has 1 aromatic rings. The standard InChI is InChI=1S/C12H23N3O3S/c1-10(2)9-18-5-3-4-15-19(16,17)12-6-11(7-13)14-8-12/h6,8,10,14-15H,3-5,7,9,13H2,1-2H3. The molecule has 0 aromatic carbocycles. The molecule has 0 spiro atoms. The van der Waals surface area contributed by atoms with Gasteiger partial charge in [0.15, 0.2) is 0 Å². The van der Waals surface area contributed by atoms with E-state index in [-0.39, 0.29) is 4.90 Å².